The number of phenols is 1. The minimum absolute atomic E-state index is 0.0248. The molecule has 0 aliphatic heterocycles. The van der Waals surface area contributed by atoms with Crippen molar-refractivity contribution in [1.82, 2.24) is 4.90 Å². The Balaban J connectivity index is 1.47. The molecular weight excluding hydrogens is 564 g/mol. The Bertz CT molecular complexity index is 1780. The number of hydrogen-bond acceptors (Lipinski definition) is 9. The second-order valence-corrected chi connectivity index (χ2v) is 12.4. The lowest BCUT2D eigenvalue weighted by Crippen LogP contribution is -2.70. The zero-order valence-electron chi connectivity index (χ0n) is 24.7. The molecule has 0 aromatic heterocycles. The minimum atomic E-state index is -2.95. The van der Waals surface area contributed by atoms with Gasteiger partial charge in [0.1, 0.15) is 22.8 Å². The quantitative estimate of drug-likeness (QED) is 0.288. The SMILES string of the molecule is Cc1ccc(C2=CC=C(c3ccc4c(c3O)C(O)=C3C(=O)[C@]5(O)C(O)=C(C(N)=O)C(=O)[C@@H](N(C)C)[C@@H]5[C@@H](O)[C@@H]3[C@H]4C)C2)cc1. The molecule has 4 aliphatic carbocycles. The number of hydrogen-bond donors (Lipinski definition) is 6. The van der Waals surface area contributed by atoms with Gasteiger partial charge in [0.15, 0.2) is 11.4 Å². The van der Waals surface area contributed by atoms with Crippen molar-refractivity contribution in [3.05, 3.63) is 93.3 Å². The summed E-state index contributed by atoms with van der Waals surface area (Å²) >= 11 is 0. The van der Waals surface area contributed by atoms with E-state index in [0.29, 0.717) is 17.5 Å². The third-order valence-corrected chi connectivity index (χ3v) is 9.76. The van der Waals surface area contributed by atoms with Gasteiger partial charge in [-0.1, -0.05) is 61.0 Å². The van der Waals surface area contributed by atoms with Crippen LogP contribution >= 0.6 is 0 Å². The number of Topliss-reactive ketones (excluding diaryl/α,β-unsaturated/α-hetero) is 2. The monoisotopic (exact) mass is 598 g/mol. The highest BCUT2D eigenvalue weighted by atomic mass is 16.4. The highest BCUT2D eigenvalue weighted by Gasteiger charge is 2.68. The molecule has 0 radical (unpaired) electrons. The van der Waals surface area contributed by atoms with Gasteiger partial charge in [0.2, 0.25) is 5.78 Å². The first kappa shape index (κ1) is 29.6. The summed E-state index contributed by atoms with van der Waals surface area (Å²) in [7, 11) is 2.94. The van der Waals surface area contributed by atoms with Crippen molar-refractivity contribution in [2.45, 2.75) is 43.9 Å². The number of allylic oxidation sites excluding steroid dienone is 4. The number of ketones is 2. The van der Waals surface area contributed by atoms with E-state index >= 15 is 0 Å². The first-order chi connectivity index (χ1) is 20.7. The number of nitrogens with two attached hydrogens (primary N) is 1. The summed E-state index contributed by atoms with van der Waals surface area (Å²) < 4.78 is 0. The number of aliphatic hydroxyl groups is 4. The maximum Gasteiger partial charge on any atom is 0.255 e. The predicted octanol–water partition coefficient (Wildman–Crippen LogP) is 2.67. The second-order valence-electron chi connectivity index (χ2n) is 12.4. The van der Waals surface area contributed by atoms with Crippen molar-refractivity contribution in [1.29, 1.82) is 0 Å². The molecule has 10 heteroatoms. The number of nitrogens with zero attached hydrogens (tertiary/aromatic N) is 1. The number of aliphatic hydroxyl groups excluding tert-OH is 3. The lowest BCUT2D eigenvalue weighted by molar-refractivity contribution is -0.169. The Hall–Kier alpha value is -4.51. The predicted molar refractivity (Wildman–Crippen MR) is 162 cm³/mol. The highest BCUT2D eigenvalue weighted by molar-refractivity contribution is 6.24. The van der Waals surface area contributed by atoms with E-state index in [9.17, 15) is 39.9 Å². The summed E-state index contributed by atoms with van der Waals surface area (Å²) in [5.74, 6) is -9.02. The Morgan fingerprint density at radius 2 is 1.64 bits per heavy atom. The number of amides is 1. The van der Waals surface area contributed by atoms with Crippen LogP contribution in [0, 0.1) is 18.8 Å². The maximum atomic E-state index is 14.2. The minimum Gasteiger partial charge on any atom is -0.508 e. The molecule has 228 valence electrons. The van der Waals surface area contributed by atoms with Crippen molar-refractivity contribution >= 4 is 34.4 Å². The molecule has 0 spiro atoms. The van der Waals surface area contributed by atoms with Gasteiger partial charge in [-0.25, -0.2) is 0 Å². The van der Waals surface area contributed by atoms with E-state index in [-0.39, 0.29) is 11.3 Å². The molecule has 4 aliphatic rings. The molecule has 1 fully saturated rings. The third-order valence-electron chi connectivity index (χ3n) is 9.76. The molecule has 2 aromatic carbocycles. The van der Waals surface area contributed by atoms with Crippen molar-refractivity contribution in [3.8, 4) is 5.75 Å². The van der Waals surface area contributed by atoms with Crippen LogP contribution in [0.2, 0.25) is 0 Å². The van der Waals surface area contributed by atoms with Crippen LogP contribution in [-0.4, -0.2) is 79.7 Å². The van der Waals surface area contributed by atoms with Gasteiger partial charge in [0.25, 0.3) is 5.91 Å². The highest BCUT2D eigenvalue weighted by Crippen LogP contribution is 2.57. The molecule has 6 atom stereocenters. The largest absolute Gasteiger partial charge is 0.508 e. The van der Waals surface area contributed by atoms with Crippen molar-refractivity contribution < 1.29 is 39.9 Å². The van der Waals surface area contributed by atoms with Crippen LogP contribution in [0.5, 0.6) is 5.75 Å². The van der Waals surface area contributed by atoms with Gasteiger partial charge in [0.05, 0.1) is 23.6 Å². The maximum absolute atomic E-state index is 14.2. The Morgan fingerprint density at radius 1 is 1.00 bits per heavy atom. The fourth-order valence-electron chi connectivity index (χ4n) is 7.55. The molecule has 44 heavy (non-hydrogen) atoms. The van der Waals surface area contributed by atoms with Crippen LogP contribution in [0.4, 0.5) is 0 Å². The van der Waals surface area contributed by atoms with Crippen LogP contribution in [0.1, 0.15) is 47.1 Å². The fourth-order valence-corrected chi connectivity index (χ4v) is 7.55. The Labute approximate surface area is 253 Å². The fraction of sp³-hybridized carbons (Fsp3) is 0.324. The molecule has 2 aromatic rings. The molecule has 10 nitrogen and oxygen atoms in total. The average molecular weight is 599 g/mol. The number of carbonyl (C=O) groups excluding carboxylic acids is 3. The average Bonchev–Trinajstić information content (AvgIpc) is 3.45. The zero-order chi connectivity index (χ0) is 32.0. The van der Waals surface area contributed by atoms with Crippen LogP contribution in [0.15, 0.2) is 65.5 Å². The first-order valence-electron chi connectivity index (χ1n) is 14.4. The number of rotatable bonds is 4. The van der Waals surface area contributed by atoms with E-state index in [0.717, 1.165) is 22.3 Å². The molecule has 7 N–H and O–H groups in total. The smallest absolute Gasteiger partial charge is 0.255 e. The Morgan fingerprint density at radius 3 is 2.25 bits per heavy atom. The van der Waals surface area contributed by atoms with Gasteiger partial charge in [-0.05, 0) is 55.6 Å². The van der Waals surface area contributed by atoms with Crippen molar-refractivity contribution in [2.24, 2.45) is 17.6 Å². The number of phenolic OH excluding ortho intramolecular Hbond substituents is 1. The molecule has 6 rings (SSSR count). The van der Waals surface area contributed by atoms with E-state index in [2.05, 4.69) is 0 Å². The van der Waals surface area contributed by atoms with Gasteiger partial charge in [-0.2, -0.15) is 0 Å². The molecule has 1 saturated carbocycles. The number of likely N-dealkylation sites (N-methyl/N-ethyl adjacent to an activating group) is 1. The summed E-state index contributed by atoms with van der Waals surface area (Å²) in [5.41, 5.74) is 5.95. The number of carbonyl (C=O) groups is 3. The van der Waals surface area contributed by atoms with Gasteiger partial charge in [-0.3, -0.25) is 19.3 Å². The van der Waals surface area contributed by atoms with Gasteiger partial charge < -0.3 is 31.3 Å². The zero-order valence-corrected chi connectivity index (χ0v) is 24.7. The molecular formula is C34H34N2O8. The second kappa shape index (κ2) is 10.0. The number of aromatic hydroxyl groups is 1. The lowest BCUT2D eigenvalue weighted by atomic mass is 9.54. The van der Waals surface area contributed by atoms with Gasteiger partial charge >= 0.3 is 0 Å². The Kier molecular flexibility index (Phi) is 6.73. The molecule has 1 amide bonds. The summed E-state index contributed by atoms with van der Waals surface area (Å²) in [6, 6.07) is 10.1. The third kappa shape index (κ3) is 3.88. The van der Waals surface area contributed by atoms with Gasteiger partial charge in [-0.15, -0.1) is 0 Å². The number of primary amides is 1. The normalized spacial score (nSPS) is 29.8. The van der Waals surface area contributed by atoms with E-state index in [1.807, 2.05) is 43.3 Å². The number of aryl methyl sites for hydroxylation is 1. The van der Waals surface area contributed by atoms with E-state index in [1.54, 1.807) is 19.1 Å². The number of fused-ring (bicyclic) bond motifs is 3. The molecule has 0 saturated heterocycles. The van der Waals surface area contributed by atoms with Crippen molar-refractivity contribution in [3.63, 3.8) is 0 Å². The van der Waals surface area contributed by atoms with Crippen LogP contribution in [0.25, 0.3) is 16.9 Å². The van der Waals surface area contributed by atoms with Crippen LogP contribution in [-0.2, 0) is 14.4 Å². The van der Waals surface area contributed by atoms with Crippen LogP contribution < -0.4 is 5.73 Å². The summed E-state index contributed by atoms with van der Waals surface area (Å²) in [6.45, 7) is 3.72. The van der Waals surface area contributed by atoms with Gasteiger partial charge in [0, 0.05) is 17.1 Å². The first-order valence-corrected chi connectivity index (χ1v) is 14.4. The summed E-state index contributed by atoms with van der Waals surface area (Å²) in [4.78, 5) is 41.1. The van der Waals surface area contributed by atoms with E-state index in [1.165, 1.54) is 19.0 Å². The standard InChI is InChI=1S/C34H34N2O8/c1-14-5-7-16(8-6-14)17-9-10-18(13-17)20-12-11-19-15(2)21-23(28(38)22(19)27(20)37)31(41)34(44)25(29(21)39)26(36(3)4)30(40)24(32(34)42)33(35)43/h5-12,15,21,25-26,29,37-39,42,44H,13H2,1-4H3,(H2,35,43)/t15-,21+,25+,26-,29-,34-/m0/s1. The van der Waals surface area contributed by atoms with E-state index in [4.69, 9.17) is 5.73 Å². The molecule has 0 bridgehead atoms. The molecule has 0 heterocycles. The van der Waals surface area contributed by atoms with E-state index < -0.39 is 75.6 Å². The topological polar surface area (TPSA) is 182 Å². The van der Waals surface area contributed by atoms with Crippen molar-refractivity contribution in [2.75, 3.05) is 14.1 Å². The molecule has 0 unspecified atom stereocenters. The summed E-state index contributed by atoms with van der Waals surface area (Å²) in [6.07, 6.45) is 2.72. The lowest BCUT2D eigenvalue weighted by Gasteiger charge is -2.53. The summed E-state index contributed by atoms with van der Waals surface area (Å²) in [5, 5.41) is 57.9. The number of benzene rings is 2. The van der Waals surface area contributed by atoms with Crippen LogP contribution in [0.3, 0.4) is 0 Å².